The van der Waals surface area contributed by atoms with Crippen LogP contribution >= 0.6 is 0 Å². The highest BCUT2D eigenvalue weighted by Gasteiger charge is 2.35. The lowest BCUT2D eigenvalue weighted by Gasteiger charge is -2.37. The van der Waals surface area contributed by atoms with Crippen LogP contribution in [0.15, 0.2) is 48.7 Å². The van der Waals surface area contributed by atoms with Crippen molar-refractivity contribution >= 4 is 5.91 Å². The van der Waals surface area contributed by atoms with Crippen molar-refractivity contribution in [3.05, 3.63) is 59.9 Å². The van der Waals surface area contributed by atoms with Crippen LogP contribution in [0.5, 0.6) is 5.75 Å². The quantitative estimate of drug-likeness (QED) is 0.707. The van der Waals surface area contributed by atoms with Gasteiger partial charge in [0.05, 0.1) is 17.8 Å². The molecule has 1 amide bonds. The van der Waals surface area contributed by atoms with Gasteiger partial charge >= 0.3 is 0 Å². The molecule has 2 heterocycles. The van der Waals surface area contributed by atoms with Crippen molar-refractivity contribution in [3.63, 3.8) is 0 Å². The molecule has 1 N–H and O–H groups in total. The van der Waals surface area contributed by atoms with E-state index in [1.807, 2.05) is 30.5 Å². The number of amides is 1. The number of piperidine rings is 1. The highest BCUT2D eigenvalue weighted by molar-refractivity contribution is 5.81. The molecule has 1 aliphatic carbocycles. The number of carbonyl (C=O) groups excluding carboxylic acids is 1. The van der Waals surface area contributed by atoms with Crippen LogP contribution in [0.4, 0.5) is 0 Å². The third-order valence-electron chi connectivity index (χ3n) is 5.94. The lowest BCUT2D eigenvalue weighted by molar-refractivity contribution is -0.123. The number of rotatable bonds is 8. The van der Waals surface area contributed by atoms with Gasteiger partial charge in [0.25, 0.3) is 0 Å². The monoisotopic (exact) mass is 407 g/mol. The topological polar surface area (TPSA) is 54.5 Å². The minimum absolute atomic E-state index is 0.0160. The molecule has 1 aromatic carbocycles. The third kappa shape index (κ3) is 5.60. The van der Waals surface area contributed by atoms with Gasteiger partial charge in [-0.1, -0.05) is 18.2 Å². The summed E-state index contributed by atoms with van der Waals surface area (Å²) >= 11 is 0. The first-order valence-corrected chi connectivity index (χ1v) is 11.3. The average molecular weight is 408 g/mol. The fourth-order valence-electron chi connectivity index (χ4n) is 4.36. The predicted octanol–water partition coefficient (Wildman–Crippen LogP) is 4.35. The molecule has 2 fully saturated rings. The van der Waals surface area contributed by atoms with Crippen LogP contribution in [0.3, 0.4) is 0 Å². The highest BCUT2D eigenvalue weighted by Crippen LogP contribution is 2.33. The number of benzene rings is 1. The minimum Gasteiger partial charge on any atom is -0.491 e. The third-order valence-corrected chi connectivity index (χ3v) is 5.94. The Morgan fingerprint density at radius 2 is 2.07 bits per heavy atom. The van der Waals surface area contributed by atoms with Crippen molar-refractivity contribution in [2.24, 2.45) is 11.8 Å². The van der Waals surface area contributed by atoms with E-state index >= 15 is 0 Å². The number of hydrogen-bond acceptors (Lipinski definition) is 4. The van der Waals surface area contributed by atoms with Gasteiger partial charge in [0.15, 0.2) is 0 Å². The largest absolute Gasteiger partial charge is 0.491 e. The first-order valence-electron chi connectivity index (χ1n) is 11.3. The van der Waals surface area contributed by atoms with E-state index < -0.39 is 0 Å². The molecule has 0 unspecified atom stereocenters. The van der Waals surface area contributed by atoms with Gasteiger partial charge in [-0.25, -0.2) is 0 Å². The SMILES string of the molecule is CC(C)Oc1cccc(CN2CCC[C@@H]([C@@H](NC(=O)C3CC3)c3ccccn3)C2)c1. The Bertz CT molecular complexity index is 835. The second-order valence-corrected chi connectivity index (χ2v) is 8.97. The van der Waals surface area contributed by atoms with Crippen molar-refractivity contribution in [2.75, 3.05) is 13.1 Å². The van der Waals surface area contributed by atoms with Gasteiger partial charge in [-0.2, -0.15) is 0 Å². The lowest BCUT2D eigenvalue weighted by atomic mass is 9.88. The number of ether oxygens (including phenoxy) is 1. The Hall–Kier alpha value is -2.40. The van der Waals surface area contributed by atoms with E-state index in [0.717, 1.165) is 56.8 Å². The zero-order valence-electron chi connectivity index (χ0n) is 18.1. The molecule has 5 nitrogen and oxygen atoms in total. The van der Waals surface area contributed by atoms with Crippen LogP contribution < -0.4 is 10.1 Å². The van der Waals surface area contributed by atoms with Gasteiger partial charge in [-0.05, 0) is 81.8 Å². The zero-order valence-corrected chi connectivity index (χ0v) is 18.1. The molecule has 0 bridgehead atoms. The summed E-state index contributed by atoms with van der Waals surface area (Å²) in [6.45, 7) is 7.04. The molecular formula is C25H33N3O2. The van der Waals surface area contributed by atoms with E-state index in [0.29, 0.717) is 5.92 Å². The number of aromatic nitrogens is 1. The maximum Gasteiger partial charge on any atom is 0.223 e. The van der Waals surface area contributed by atoms with Gasteiger partial charge < -0.3 is 10.1 Å². The molecule has 0 spiro atoms. The molecule has 4 rings (SSSR count). The molecule has 160 valence electrons. The van der Waals surface area contributed by atoms with Crippen molar-refractivity contribution in [1.82, 2.24) is 15.2 Å². The maximum absolute atomic E-state index is 12.6. The van der Waals surface area contributed by atoms with Gasteiger partial charge in [-0.3, -0.25) is 14.7 Å². The number of carbonyl (C=O) groups is 1. The molecular weight excluding hydrogens is 374 g/mol. The van der Waals surface area contributed by atoms with E-state index in [2.05, 4.69) is 47.2 Å². The summed E-state index contributed by atoms with van der Waals surface area (Å²) < 4.78 is 5.86. The number of nitrogens with zero attached hydrogens (tertiary/aromatic N) is 2. The first-order chi connectivity index (χ1) is 14.6. The first kappa shape index (κ1) is 20.9. The van der Waals surface area contributed by atoms with Crippen molar-refractivity contribution in [3.8, 4) is 5.75 Å². The van der Waals surface area contributed by atoms with Crippen molar-refractivity contribution in [2.45, 2.75) is 58.2 Å². The van der Waals surface area contributed by atoms with Gasteiger partial charge in [-0.15, -0.1) is 0 Å². The number of hydrogen-bond donors (Lipinski definition) is 1. The molecule has 2 aliphatic rings. The van der Waals surface area contributed by atoms with Crippen LogP contribution in [0.25, 0.3) is 0 Å². The summed E-state index contributed by atoms with van der Waals surface area (Å²) in [5.41, 5.74) is 2.25. The summed E-state index contributed by atoms with van der Waals surface area (Å²) in [5, 5.41) is 3.33. The summed E-state index contributed by atoms with van der Waals surface area (Å²) in [4.78, 5) is 19.7. The molecule has 1 aromatic heterocycles. The Morgan fingerprint density at radius 3 is 2.80 bits per heavy atom. The highest BCUT2D eigenvalue weighted by atomic mass is 16.5. The molecule has 30 heavy (non-hydrogen) atoms. The number of pyridine rings is 1. The smallest absolute Gasteiger partial charge is 0.223 e. The summed E-state index contributed by atoms with van der Waals surface area (Å²) in [6.07, 6.45) is 6.29. The second-order valence-electron chi connectivity index (χ2n) is 8.97. The van der Waals surface area contributed by atoms with E-state index in [4.69, 9.17) is 4.74 Å². The van der Waals surface area contributed by atoms with Crippen molar-refractivity contribution in [1.29, 1.82) is 0 Å². The predicted molar refractivity (Wildman–Crippen MR) is 118 cm³/mol. The average Bonchev–Trinajstić information content (AvgIpc) is 3.58. The zero-order chi connectivity index (χ0) is 20.9. The lowest BCUT2D eigenvalue weighted by Crippen LogP contribution is -2.43. The molecule has 2 aromatic rings. The van der Waals surface area contributed by atoms with E-state index in [1.54, 1.807) is 0 Å². The van der Waals surface area contributed by atoms with Crippen LogP contribution in [-0.2, 0) is 11.3 Å². The Morgan fingerprint density at radius 1 is 1.20 bits per heavy atom. The summed E-state index contributed by atoms with van der Waals surface area (Å²) in [5.74, 6) is 1.70. The van der Waals surface area contributed by atoms with Gasteiger partial charge in [0.2, 0.25) is 5.91 Å². The standard InChI is InChI=1S/C25H33N3O2/c1-18(2)30-22-9-5-7-19(15-22)16-28-14-6-8-21(17-28)24(23-10-3-4-13-26-23)27-25(29)20-11-12-20/h3-5,7,9-10,13,15,18,20-21,24H,6,8,11-12,14,16-17H2,1-2H3,(H,27,29)/t21-,24-/m1/s1. The van der Waals surface area contributed by atoms with Crippen LogP contribution in [0.1, 0.15) is 56.8 Å². The number of nitrogens with one attached hydrogen (secondary N) is 1. The fraction of sp³-hybridized carbons (Fsp3) is 0.520. The second kappa shape index (κ2) is 9.61. The molecule has 1 aliphatic heterocycles. The summed E-state index contributed by atoms with van der Waals surface area (Å²) in [7, 11) is 0. The number of likely N-dealkylation sites (tertiary alicyclic amines) is 1. The minimum atomic E-state index is -0.0160. The molecule has 5 heteroatoms. The Labute approximate surface area is 179 Å². The molecule has 2 atom stereocenters. The van der Waals surface area contributed by atoms with E-state index in [9.17, 15) is 4.79 Å². The molecule has 0 radical (unpaired) electrons. The Kier molecular flexibility index (Phi) is 6.68. The van der Waals surface area contributed by atoms with Crippen LogP contribution in [-0.4, -0.2) is 35.0 Å². The normalized spacial score (nSPS) is 20.7. The fourth-order valence-corrected chi connectivity index (χ4v) is 4.36. The van der Waals surface area contributed by atoms with E-state index in [-0.39, 0.29) is 24.0 Å². The van der Waals surface area contributed by atoms with Crippen LogP contribution in [0.2, 0.25) is 0 Å². The van der Waals surface area contributed by atoms with Gasteiger partial charge in [0, 0.05) is 25.2 Å². The Balaban J connectivity index is 1.45. The summed E-state index contributed by atoms with van der Waals surface area (Å²) in [6, 6.07) is 14.4. The van der Waals surface area contributed by atoms with Crippen molar-refractivity contribution < 1.29 is 9.53 Å². The van der Waals surface area contributed by atoms with Gasteiger partial charge in [0.1, 0.15) is 5.75 Å². The van der Waals surface area contributed by atoms with E-state index in [1.165, 1.54) is 5.56 Å². The molecule has 1 saturated heterocycles. The maximum atomic E-state index is 12.6. The van der Waals surface area contributed by atoms with Crippen LogP contribution in [0, 0.1) is 11.8 Å². The molecule has 1 saturated carbocycles.